The SMILES string of the molecule is COC(=O)c1ccc(S(=O)(=O)N[C@@H](c2cccnc2)C2CCOCC2)cc1. The number of benzene rings is 1. The van der Waals surface area contributed by atoms with Crippen LogP contribution in [0, 0.1) is 5.92 Å². The Hall–Kier alpha value is -2.29. The van der Waals surface area contributed by atoms with E-state index >= 15 is 0 Å². The van der Waals surface area contributed by atoms with Crippen molar-refractivity contribution in [2.45, 2.75) is 23.8 Å². The molecule has 3 rings (SSSR count). The molecular formula is C19H22N2O5S. The first-order valence-electron chi connectivity index (χ1n) is 8.69. The second-order valence-electron chi connectivity index (χ2n) is 6.35. The Bertz CT molecular complexity index is 863. The van der Waals surface area contributed by atoms with Gasteiger partial charge in [0.15, 0.2) is 0 Å². The van der Waals surface area contributed by atoms with Gasteiger partial charge in [-0.1, -0.05) is 6.07 Å². The summed E-state index contributed by atoms with van der Waals surface area (Å²) >= 11 is 0. The fourth-order valence-electron chi connectivity index (χ4n) is 3.17. The summed E-state index contributed by atoms with van der Waals surface area (Å²) in [5.41, 5.74) is 1.11. The molecule has 1 fully saturated rings. The van der Waals surface area contributed by atoms with Gasteiger partial charge in [0.25, 0.3) is 0 Å². The molecule has 1 aliphatic heterocycles. The van der Waals surface area contributed by atoms with Crippen LogP contribution in [0.3, 0.4) is 0 Å². The molecule has 0 radical (unpaired) electrons. The van der Waals surface area contributed by atoms with Crippen LogP contribution in [-0.2, 0) is 19.5 Å². The number of nitrogens with one attached hydrogen (secondary N) is 1. The summed E-state index contributed by atoms with van der Waals surface area (Å²) in [6.07, 6.45) is 4.88. The fourth-order valence-corrected chi connectivity index (χ4v) is 4.46. The molecule has 1 aromatic carbocycles. The minimum absolute atomic E-state index is 0.0936. The van der Waals surface area contributed by atoms with Crippen molar-refractivity contribution in [1.29, 1.82) is 0 Å². The van der Waals surface area contributed by atoms with E-state index in [0.717, 1.165) is 18.4 Å². The lowest BCUT2D eigenvalue weighted by atomic mass is 9.88. The summed E-state index contributed by atoms with van der Waals surface area (Å²) < 4.78 is 38.7. The van der Waals surface area contributed by atoms with Gasteiger partial charge in [-0.3, -0.25) is 4.98 Å². The molecule has 8 heteroatoms. The summed E-state index contributed by atoms with van der Waals surface area (Å²) in [6, 6.07) is 8.95. The van der Waals surface area contributed by atoms with Crippen molar-refractivity contribution in [2.24, 2.45) is 5.92 Å². The van der Waals surface area contributed by atoms with Crippen molar-refractivity contribution in [3.05, 3.63) is 59.9 Å². The Morgan fingerprint density at radius 3 is 2.52 bits per heavy atom. The maximum absolute atomic E-state index is 12.9. The molecule has 2 aromatic rings. The molecule has 0 unspecified atom stereocenters. The molecule has 0 spiro atoms. The number of carbonyl (C=O) groups is 1. The van der Waals surface area contributed by atoms with Gasteiger partial charge in [-0.2, -0.15) is 0 Å². The molecule has 0 saturated carbocycles. The third-order valence-corrected chi connectivity index (χ3v) is 6.11. The van der Waals surface area contributed by atoms with Crippen LogP contribution in [0.1, 0.15) is 34.8 Å². The van der Waals surface area contributed by atoms with E-state index in [1.165, 1.54) is 31.4 Å². The van der Waals surface area contributed by atoms with Crippen LogP contribution in [0.5, 0.6) is 0 Å². The van der Waals surface area contributed by atoms with E-state index in [0.29, 0.717) is 18.8 Å². The number of hydrogen-bond acceptors (Lipinski definition) is 6. The van der Waals surface area contributed by atoms with Crippen molar-refractivity contribution in [3.63, 3.8) is 0 Å². The molecular weight excluding hydrogens is 368 g/mol. The van der Waals surface area contributed by atoms with Crippen LogP contribution in [0.25, 0.3) is 0 Å². The largest absolute Gasteiger partial charge is 0.465 e. The van der Waals surface area contributed by atoms with Crippen LogP contribution in [0.4, 0.5) is 0 Å². The number of hydrogen-bond donors (Lipinski definition) is 1. The number of methoxy groups -OCH3 is 1. The molecule has 0 aliphatic carbocycles. The Kier molecular flexibility index (Phi) is 6.20. The zero-order valence-electron chi connectivity index (χ0n) is 15.0. The predicted octanol–water partition coefficient (Wildman–Crippen LogP) is 2.31. The van der Waals surface area contributed by atoms with Crippen molar-refractivity contribution in [3.8, 4) is 0 Å². The Labute approximate surface area is 158 Å². The molecule has 144 valence electrons. The Morgan fingerprint density at radius 2 is 1.93 bits per heavy atom. The monoisotopic (exact) mass is 390 g/mol. The van der Waals surface area contributed by atoms with E-state index in [9.17, 15) is 13.2 Å². The number of pyridine rings is 1. The second kappa shape index (κ2) is 8.60. The molecule has 1 aromatic heterocycles. The average molecular weight is 390 g/mol. The topological polar surface area (TPSA) is 94.6 Å². The third kappa shape index (κ3) is 4.71. The number of esters is 1. The minimum Gasteiger partial charge on any atom is -0.465 e. The van der Waals surface area contributed by atoms with Gasteiger partial charge in [-0.25, -0.2) is 17.9 Å². The second-order valence-corrected chi connectivity index (χ2v) is 8.07. The van der Waals surface area contributed by atoms with Crippen molar-refractivity contribution in [2.75, 3.05) is 20.3 Å². The number of rotatable bonds is 6. The fraction of sp³-hybridized carbons (Fsp3) is 0.368. The van der Waals surface area contributed by atoms with Gasteiger partial charge in [-0.05, 0) is 54.7 Å². The lowest BCUT2D eigenvalue weighted by molar-refractivity contribution is 0.0564. The van der Waals surface area contributed by atoms with Gasteiger partial charge in [0.1, 0.15) is 0 Å². The van der Waals surface area contributed by atoms with Crippen molar-refractivity contribution >= 4 is 16.0 Å². The molecule has 2 heterocycles. The highest BCUT2D eigenvalue weighted by molar-refractivity contribution is 7.89. The van der Waals surface area contributed by atoms with E-state index in [-0.39, 0.29) is 10.8 Å². The average Bonchev–Trinajstić information content (AvgIpc) is 2.73. The Morgan fingerprint density at radius 1 is 1.22 bits per heavy atom. The number of ether oxygens (including phenoxy) is 2. The minimum atomic E-state index is -3.78. The van der Waals surface area contributed by atoms with E-state index in [4.69, 9.17) is 4.74 Å². The van der Waals surface area contributed by atoms with Gasteiger partial charge in [0.2, 0.25) is 10.0 Å². The van der Waals surface area contributed by atoms with E-state index < -0.39 is 22.0 Å². The van der Waals surface area contributed by atoms with Crippen molar-refractivity contribution < 1.29 is 22.7 Å². The van der Waals surface area contributed by atoms with Gasteiger partial charge in [0, 0.05) is 25.6 Å². The normalized spacial score (nSPS) is 16.6. The first-order valence-corrected chi connectivity index (χ1v) is 10.2. The first kappa shape index (κ1) is 19.5. The number of sulfonamides is 1. The number of nitrogens with zero attached hydrogens (tertiary/aromatic N) is 1. The van der Waals surface area contributed by atoms with Gasteiger partial charge in [0.05, 0.1) is 23.6 Å². The predicted molar refractivity (Wildman–Crippen MR) is 98.6 cm³/mol. The highest BCUT2D eigenvalue weighted by Crippen LogP contribution is 2.31. The van der Waals surface area contributed by atoms with E-state index in [1.54, 1.807) is 18.5 Å². The van der Waals surface area contributed by atoms with Crippen LogP contribution in [0.2, 0.25) is 0 Å². The molecule has 27 heavy (non-hydrogen) atoms. The zero-order valence-corrected chi connectivity index (χ0v) is 15.8. The summed E-state index contributed by atoms with van der Waals surface area (Å²) in [5.74, 6) is -0.394. The lowest BCUT2D eigenvalue weighted by Crippen LogP contribution is -2.36. The highest BCUT2D eigenvalue weighted by atomic mass is 32.2. The molecule has 7 nitrogen and oxygen atoms in total. The van der Waals surface area contributed by atoms with Crippen LogP contribution in [0.15, 0.2) is 53.7 Å². The first-order chi connectivity index (χ1) is 13.0. The molecule has 1 saturated heterocycles. The van der Waals surface area contributed by atoms with Gasteiger partial charge in [-0.15, -0.1) is 0 Å². The quantitative estimate of drug-likeness (QED) is 0.761. The maximum atomic E-state index is 12.9. The molecule has 0 amide bonds. The molecule has 1 aliphatic rings. The molecule has 1 atom stereocenters. The smallest absolute Gasteiger partial charge is 0.337 e. The third-order valence-electron chi connectivity index (χ3n) is 4.65. The van der Waals surface area contributed by atoms with Crippen LogP contribution < -0.4 is 4.72 Å². The summed E-state index contributed by atoms with van der Waals surface area (Å²) in [5, 5.41) is 0. The maximum Gasteiger partial charge on any atom is 0.337 e. The van der Waals surface area contributed by atoms with Crippen LogP contribution >= 0.6 is 0 Å². The van der Waals surface area contributed by atoms with Gasteiger partial charge < -0.3 is 9.47 Å². The number of carbonyl (C=O) groups excluding carboxylic acids is 1. The highest BCUT2D eigenvalue weighted by Gasteiger charge is 2.30. The Balaban J connectivity index is 1.86. The molecule has 0 bridgehead atoms. The molecule has 1 N–H and O–H groups in total. The number of aromatic nitrogens is 1. The lowest BCUT2D eigenvalue weighted by Gasteiger charge is -2.31. The standard InChI is InChI=1S/C19H22N2O5S/c1-25-19(22)15-4-6-17(7-5-15)27(23,24)21-18(14-8-11-26-12-9-14)16-3-2-10-20-13-16/h2-7,10,13-14,18,21H,8-9,11-12H2,1H3/t18-/m1/s1. The summed E-state index contributed by atoms with van der Waals surface area (Å²) in [6.45, 7) is 1.22. The van der Waals surface area contributed by atoms with E-state index in [1.807, 2.05) is 6.07 Å². The summed E-state index contributed by atoms with van der Waals surface area (Å²) in [4.78, 5) is 15.8. The summed E-state index contributed by atoms with van der Waals surface area (Å²) in [7, 11) is -2.50. The van der Waals surface area contributed by atoms with E-state index in [2.05, 4.69) is 14.4 Å². The van der Waals surface area contributed by atoms with Gasteiger partial charge >= 0.3 is 5.97 Å². The van der Waals surface area contributed by atoms with Crippen molar-refractivity contribution in [1.82, 2.24) is 9.71 Å². The van der Waals surface area contributed by atoms with Crippen LogP contribution in [-0.4, -0.2) is 39.7 Å². The zero-order chi connectivity index (χ0) is 19.3.